The standard InChI is InChI=1S/C15H15FN2OS/c16-12-3-5-13(6-4-12)17-15(19)18-8-1-2-14(18)11-7-9-20-10-11/h3-7,9-10,14H,1-2,8H2,(H,17,19)/t14-/m1/s1. The molecule has 3 rings (SSSR count). The number of thiophene rings is 1. The summed E-state index contributed by atoms with van der Waals surface area (Å²) in [5.41, 5.74) is 1.81. The molecule has 1 atom stereocenters. The van der Waals surface area contributed by atoms with Gasteiger partial charge in [0.1, 0.15) is 5.82 Å². The second-order valence-electron chi connectivity index (χ2n) is 4.85. The molecule has 2 heterocycles. The average molecular weight is 290 g/mol. The largest absolute Gasteiger partial charge is 0.322 e. The Balaban J connectivity index is 1.71. The van der Waals surface area contributed by atoms with Gasteiger partial charge >= 0.3 is 6.03 Å². The van der Waals surface area contributed by atoms with E-state index in [0.29, 0.717) is 5.69 Å². The van der Waals surface area contributed by atoms with Crippen molar-refractivity contribution in [2.24, 2.45) is 0 Å². The van der Waals surface area contributed by atoms with Gasteiger partial charge in [-0.2, -0.15) is 11.3 Å². The van der Waals surface area contributed by atoms with E-state index >= 15 is 0 Å². The number of hydrogen-bond acceptors (Lipinski definition) is 2. The van der Waals surface area contributed by atoms with Crippen molar-refractivity contribution in [3.05, 3.63) is 52.5 Å². The lowest BCUT2D eigenvalue weighted by Crippen LogP contribution is -2.34. The molecule has 2 amide bonds. The van der Waals surface area contributed by atoms with Crippen molar-refractivity contribution < 1.29 is 9.18 Å². The number of likely N-dealkylation sites (tertiary alicyclic amines) is 1. The van der Waals surface area contributed by atoms with Crippen molar-refractivity contribution in [1.82, 2.24) is 4.90 Å². The van der Waals surface area contributed by atoms with Gasteiger partial charge in [-0.1, -0.05) is 0 Å². The summed E-state index contributed by atoms with van der Waals surface area (Å²) in [7, 11) is 0. The van der Waals surface area contributed by atoms with Crippen molar-refractivity contribution in [2.75, 3.05) is 11.9 Å². The quantitative estimate of drug-likeness (QED) is 0.880. The van der Waals surface area contributed by atoms with Gasteiger partial charge in [-0.05, 0) is 59.5 Å². The highest BCUT2D eigenvalue weighted by molar-refractivity contribution is 7.07. The summed E-state index contributed by atoms with van der Waals surface area (Å²) in [6, 6.07) is 7.93. The van der Waals surface area contributed by atoms with Crippen LogP contribution in [0.15, 0.2) is 41.1 Å². The van der Waals surface area contributed by atoms with Gasteiger partial charge in [0.05, 0.1) is 6.04 Å². The van der Waals surface area contributed by atoms with E-state index in [1.165, 1.54) is 17.7 Å². The summed E-state index contributed by atoms with van der Waals surface area (Å²) >= 11 is 1.65. The fraction of sp³-hybridized carbons (Fsp3) is 0.267. The Morgan fingerprint density at radius 1 is 1.30 bits per heavy atom. The number of anilines is 1. The van der Waals surface area contributed by atoms with Crippen LogP contribution in [0.3, 0.4) is 0 Å². The minimum Gasteiger partial charge on any atom is -0.317 e. The third-order valence-electron chi connectivity index (χ3n) is 3.54. The molecule has 20 heavy (non-hydrogen) atoms. The molecule has 1 aromatic carbocycles. The Labute approximate surface area is 121 Å². The highest BCUT2D eigenvalue weighted by Crippen LogP contribution is 2.33. The molecule has 1 aliphatic heterocycles. The summed E-state index contributed by atoms with van der Waals surface area (Å²) < 4.78 is 12.9. The SMILES string of the molecule is O=C(Nc1ccc(F)cc1)N1CCC[C@@H]1c1ccsc1. The van der Waals surface area contributed by atoms with Crippen molar-refractivity contribution in [1.29, 1.82) is 0 Å². The molecule has 1 aromatic heterocycles. The molecule has 0 aliphatic carbocycles. The molecule has 1 fully saturated rings. The first-order valence-electron chi connectivity index (χ1n) is 6.59. The summed E-state index contributed by atoms with van der Waals surface area (Å²) in [5, 5.41) is 6.95. The molecule has 3 nitrogen and oxygen atoms in total. The molecule has 0 radical (unpaired) electrons. The van der Waals surface area contributed by atoms with Crippen molar-refractivity contribution in [3.8, 4) is 0 Å². The second kappa shape index (κ2) is 5.63. The minimum absolute atomic E-state index is 0.120. The van der Waals surface area contributed by atoms with E-state index in [1.54, 1.807) is 23.5 Å². The number of carbonyl (C=O) groups is 1. The maximum absolute atomic E-state index is 12.9. The van der Waals surface area contributed by atoms with Gasteiger partial charge in [0.25, 0.3) is 0 Å². The Bertz CT molecular complexity index is 582. The molecule has 1 aliphatic rings. The zero-order valence-corrected chi connectivity index (χ0v) is 11.7. The smallest absolute Gasteiger partial charge is 0.317 e. The van der Waals surface area contributed by atoms with Crippen molar-refractivity contribution in [3.63, 3.8) is 0 Å². The fourth-order valence-corrected chi connectivity index (χ4v) is 3.26. The van der Waals surface area contributed by atoms with Gasteiger partial charge in [-0.15, -0.1) is 0 Å². The molecule has 104 valence electrons. The predicted octanol–water partition coefficient (Wildman–Crippen LogP) is 4.26. The number of nitrogens with one attached hydrogen (secondary N) is 1. The number of nitrogens with zero attached hydrogens (tertiary/aromatic N) is 1. The summed E-state index contributed by atoms with van der Waals surface area (Å²) in [5.74, 6) is -0.305. The highest BCUT2D eigenvalue weighted by Gasteiger charge is 2.30. The zero-order valence-electron chi connectivity index (χ0n) is 10.9. The number of benzene rings is 1. The van der Waals surface area contributed by atoms with Crippen molar-refractivity contribution in [2.45, 2.75) is 18.9 Å². The van der Waals surface area contributed by atoms with Gasteiger partial charge < -0.3 is 10.2 Å². The zero-order chi connectivity index (χ0) is 13.9. The third-order valence-corrected chi connectivity index (χ3v) is 4.24. The number of hydrogen-bond donors (Lipinski definition) is 1. The van der Waals surface area contributed by atoms with Crippen LogP contribution in [0.2, 0.25) is 0 Å². The van der Waals surface area contributed by atoms with Crippen LogP contribution < -0.4 is 5.32 Å². The number of urea groups is 1. The molecular formula is C15H15FN2OS. The number of rotatable bonds is 2. The Kier molecular flexibility index (Phi) is 3.69. The van der Waals surface area contributed by atoms with Gasteiger partial charge in [0, 0.05) is 12.2 Å². The molecule has 1 saturated heterocycles. The Morgan fingerprint density at radius 3 is 2.80 bits per heavy atom. The summed E-state index contributed by atoms with van der Waals surface area (Å²) in [6.45, 7) is 0.757. The first kappa shape index (κ1) is 13.1. The lowest BCUT2D eigenvalue weighted by molar-refractivity contribution is 0.207. The van der Waals surface area contributed by atoms with Crippen molar-refractivity contribution >= 4 is 23.1 Å². The summed E-state index contributed by atoms with van der Waals surface area (Å²) in [4.78, 5) is 14.2. The first-order chi connectivity index (χ1) is 9.74. The van der Waals surface area contributed by atoms with Crippen LogP contribution in [0.5, 0.6) is 0 Å². The van der Waals surface area contributed by atoms with E-state index in [1.807, 2.05) is 10.3 Å². The van der Waals surface area contributed by atoms with Crippen LogP contribution in [0, 0.1) is 5.82 Å². The van der Waals surface area contributed by atoms with Gasteiger partial charge in [0.2, 0.25) is 0 Å². The normalized spacial score (nSPS) is 18.2. The molecule has 1 N–H and O–H groups in total. The van der Waals surface area contributed by atoms with E-state index in [4.69, 9.17) is 0 Å². The predicted molar refractivity (Wildman–Crippen MR) is 78.4 cm³/mol. The minimum atomic E-state index is -0.305. The monoisotopic (exact) mass is 290 g/mol. The third kappa shape index (κ3) is 2.67. The lowest BCUT2D eigenvalue weighted by Gasteiger charge is -2.24. The van der Waals surface area contributed by atoms with Gasteiger partial charge in [-0.25, -0.2) is 9.18 Å². The summed E-state index contributed by atoms with van der Waals surface area (Å²) in [6.07, 6.45) is 2.00. The maximum Gasteiger partial charge on any atom is 0.322 e. The fourth-order valence-electron chi connectivity index (χ4n) is 2.55. The van der Waals surface area contributed by atoms with Crippen LogP contribution in [0.1, 0.15) is 24.4 Å². The van der Waals surface area contributed by atoms with E-state index in [2.05, 4.69) is 16.8 Å². The molecule has 5 heteroatoms. The average Bonchev–Trinajstić information content (AvgIpc) is 3.11. The van der Waals surface area contributed by atoms with Crippen LogP contribution in [-0.4, -0.2) is 17.5 Å². The number of halogens is 1. The van der Waals surface area contributed by atoms with Crippen LogP contribution >= 0.6 is 11.3 Å². The van der Waals surface area contributed by atoms with Crippen LogP contribution in [0.25, 0.3) is 0 Å². The molecule has 0 spiro atoms. The molecule has 2 aromatic rings. The molecule has 0 unspecified atom stereocenters. The van der Waals surface area contributed by atoms with Gasteiger partial charge in [0.15, 0.2) is 0 Å². The molecular weight excluding hydrogens is 275 g/mol. The van der Waals surface area contributed by atoms with Crippen LogP contribution in [-0.2, 0) is 0 Å². The van der Waals surface area contributed by atoms with E-state index in [9.17, 15) is 9.18 Å². The maximum atomic E-state index is 12.9. The van der Waals surface area contributed by atoms with E-state index in [0.717, 1.165) is 19.4 Å². The Hall–Kier alpha value is -1.88. The topological polar surface area (TPSA) is 32.3 Å². The van der Waals surface area contributed by atoms with Gasteiger partial charge in [-0.3, -0.25) is 0 Å². The molecule has 0 saturated carbocycles. The van der Waals surface area contributed by atoms with E-state index < -0.39 is 0 Å². The first-order valence-corrected chi connectivity index (χ1v) is 7.53. The second-order valence-corrected chi connectivity index (χ2v) is 5.63. The Morgan fingerprint density at radius 2 is 2.10 bits per heavy atom. The highest BCUT2D eigenvalue weighted by atomic mass is 32.1. The lowest BCUT2D eigenvalue weighted by atomic mass is 10.1. The van der Waals surface area contributed by atoms with Crippen LogP contribution in [0.4, 0.5) is 14.9 Å². The molecule has 0 bridgehead atoms. The van der Waals surface area contributed by atoms with E-state index in [-0.39, 0.29) is 17.9 Å². The number of carbonyl (C=O) groups excluding carboxylic acids is 1. The number of amides is 2.